The molecule has 5 heteroatoms. The summed E-state index contributed by atoms with van der Waals surface area (Å²) < 4.78 is 4.72. The molecule has 4 nitrogen and oxygen atoms in total. The van der Waals surface area contributed by atoms with Crippen molar-refractivity contribution in [2.45, 2.75) is 78.2 Å². The van der Waals surface area contributed by atoms with Crippen molar-refractivity contribution in [1.82, 2.24) is 0 Å². The summed E-state index contributed by atoms with van der Waals surface area (Å²) in [6, 6.07) is -0.710. The van der Waals surface area contributed by atoms with Crippen LogP contribution in [0.2, 0.25) is 0 Å². The first-order valence-electron chi connectivity index (χ1n) is 7.49. The van der Waals surface area contributed by atoms with Crippen LogP contribution in [0.15, 0.2) is 0 Å². The molecule has 0 fully saturated rings. The Bertz CT molecular complexity index is 270. The van der Waals surface area contributed by atoms with Gasteiger partial charge in [-0.25, -0.2) is 4.79 Å². The van der Waals surface area contributed by atoms with E-state index in [2.05, 4.69) is 6.92 Å². The van der Waals surface area contributed by atoms with Crippen LogP contribution >= 0.6 is 0 Å². The molecule has 0 aromatic heterocycles. The van der Waals surface area contributed by atoms with Gasteiger partial charge in [0.05, 0.1) is 0 Å². The number of esters is 2. The number of carbonyl (C=O) groups is 2. The minimum atomic E-state index is -0.710. The maximum absolute atomic E-state index is 11.4. The zero-order valence-corrected chi connectivity index (χ0v) is 12.6. The van der Waals surface area contributed by atoms with Crippen LogP contribution in [0.25, 0.3) is 0 Å². The topological polar surface area (TPSA) is 69.4 Å². The third-order valence-corrected chi connectivity index (χ3v) is 3.19. The monoisotopic (exact) mass is 295 g/mol. The molecule has 0 spiro atoms. The van der Waals surface area contributed by atoms with Gasteiger partial charge in [-0.05, 0) is 12.3 Å². The summed E-state index contributed by atoms with van der Waals surface area (Å²) in [6.45, 7) is 5.84. The number of nitrogens with two attached hydrogens (primary N) is 1. The Morgan fingerprint density at radius 3 is 2.00 bits per heavy atom. The average molecular weight is 295 g/mol. The van der Waals surface area contributed by atoms with E-state index in [0.29, 0.717) is 6.42 Å². The number of ether oxygens (including phenoxy) is 1. The SMILES string of the molecule is CCCCCCCCCC(=O)OC(=O)[C@@H](N)C(C)C.[NaH]. The van der Waals surface area contributed by atoms with E-state index < -0.39 is 18.0 Å². The second-order valence-corrected chi connectivity index (χ2v) is 5.43. The maximum atomic E-state index is 11.4. The van der Waals surface area contributed by atoms with Crippen molar-refractivity contribution in [3.05, 3.63) is 0 Å². The number of unbranched alkanes of at least 4 members (excludes halogenated alkanes) is 6. The van der Waals surface area contributed by atoms with Gasteiger partial charge in [0.2, 0.25) is 0 Å². The average Bonchev–Trinajstić information content (AvgIpc) is 2.36. The Morgan fingerprint density at radius 2 is 1.50 bits per heavy atom. The molecule has 0 aliphatic heterocycles. The summed E-state index contributed by atoms with van der Waals surface area (Å²) in [5, 5.41) is 0. The van der Waals surface area contributed by atoms with Gasteiger partial charge in [0, 0.05) is 6.42 Å². The molecular formula is C15H30NNaO3. The van der Waals surface area contributed by atoms with E-state index in [0.717, 1.165) is 19.3 Å². The predicted octanol–water partition coefficient (Wildman–Crippen LogP) is 2.53. The Labute approximate surface area is 145 Å². The summed E-state index contributed by atoms with van der Waals surface area (Å²) in [4.78, 5) is 22.9. The van der Waals surface area contributed by atoms with Gasteiger partial charge in [-0.3, -0.25) is 4.79 Å². The first kappa shape index (κ1) is 22.4. The fourth-order valence-electron chi connectivity index (χ4n) is 1.73. The summed E-state index contributed by atoms with van der Waals surface area (Å²) in [5.41, 5.74) is 5.60. The van der Waals surface area contributed by atoms with Gasteiger partial charge in [-0.15, -0.1) is 0 Å². The molecule has 0 aromatic rings. The molecule has 0 aromatic carbocycles. The van der Waals surface area contributed by atoms with Crippen molar-refractivity contribution in [3.8, 4) is 0 Å². The van der Waals surface area contributed by atoms with Crippen molar-refractivity contribution in [2.75, 3.05) is 0 Å². The second-order valence-electron chi connectivity index (χ2n) is 5.43. The van der Waals surface area contributed by atoms with Crippen LogP contribution in [0.1, 0.15) is 72.1 Å². The van der Waals surface area contributed by atoms with Crippen molar-refractivity contribution in [1.29, 1.82) is 0 Å². The van der Waals surface area contributed by atoms with Crippen molar-refractivity contribution < 1.29 is 14.3 Å². The van der Waals surface area contributed by atoms with Gasteiger partial charge in [0.25, 0.3) is 0 Å². The molecule has 2 N–H and O–H groups in total. The molecular weight excluding hydrogens is 265 g/mol. The zero-order chi connectivity index (χ0) is 14.7. The van der Waals surface area contributed by atoms with E-state index in [1.807, 2.05) is 13.8 Å². The fraction of sp³-hybridized carbons (Fsp3) is 0.867. The normalized spacial score (nSPS) is 11.8. The quantitative estimate of drug-likeness (QED) is 0.291. The number of rotatable bonds is 10. The fourth-order valence-corrected chi connectivity index (χ4v) is 1.73. The van der Waals surface area contributed by atoms with Gasteiger partial charge >= 0.3 is 41.5 Å². The second kappa shape index (κ2) is 14.1. The van der Waals surface area contributed by atoms with Crippen LogP contribution in [-0.2, 0) is 14.3 Å². The molecule has 114 valence electrons. The first-order chi connectivity index (χ1) is 8.99. The molecule has 0 radical (unpaired) electrons. The summed E-state index contributed by atoms with van der Waals surface area (Å²) in [7, 11) is 0. The molecule has 0 amide bonds. The summed E-state index contributed by atoms with van der Waals surface area (Å²) in [5.74, 6) is -1.07. The van der Waals surface area contributed by atoms with Crippen LogP contribution in [0, 0.1) is 5.92 Å². The zero-order valence-electron chi connectivity index (χ0n) is 12.6. The number of hydrogen-bond acceptors (Lipinski definition) is 4. The van der Waals surface area contributed by atoms with Crippen LogP contribution in [0.4, 0.5) is 0 Å². The first-order valence-corrected chi connectivity index (χ1v) is 7.49. The van der Waals surface area contributed by atoms with Crippen molar-refractivity contribution in [2.24, 2.45) is 11.7 Å². The van der Waals surface area contributed by atoms with Gasteiger partial charge in [-0.1, -0.05) is 59.3 Å². The molecule has 0 unspecified atom stereocenters. The molecule has 0 bridgehead atoms. The van der Waals surface area contributed by atoms with E-state index in [-0.39, 0.29) is 35.5 Å². The van der Waals surface area contributed by atoms with Crippen LogP contribution < -0.4 is 5.73 Å². The van der Waals surface area contributed by atoms with E-state index >= 15 is 0 Å². The van der Waals surface area contributed by atoms with Crippen LogP contribution in [0.5, 0.6) is 0 Å². The van der Waals surface area contributed by atoms with E-state index in [4.69, 9.17) is 10.5 Å². The number of carbonyl (C=O) groups excluding carboxylic acids is 2. The Kier molecular flexibility index (Phi) is 15.7. The summed E-state index contributed by atoms with van der Waals surface area (Å²) >= 11 is 0. The molecule has 1 atom stereocenters. The number of hydrogen-bond donors (Lipinski definition) is 1. The standard InChI is InChI=1S/C15H29NO3.Na.H/c1-4-5-6-7-8-9-10-11-13(17)19-15(18)14(16)12(2)3;;/h12,14H,4-11,16H2,1-3H3;;/t14-;;/m0../s1. The Morgan fingerprint density at radius 1 is 1.00 bits per heavy atom. The Balaban J connectivity index is 0. The molecule has 0 saturated carbocycles. The third-order valence-electron chi connectivity index (χ3n) is 3.19. The van der Waals surface area contributed by atoms with Gasteiger partial charge in [-0.2, -0.15) is 0 Å². The molecule has 20 heavy (non-hydrogen) atoms. The molecule has 0 aliphatic carbocycles. The molecule has 0 heterocycles. The van der Waals surface area contributed by atoms with E-state index in [1.165, 1.54) is 25.7 Å². The third kappa shape index (κ3) is 11.9. The minimum absolute atomic E-state index is 0. The van der Waals surface area contributed by atoms with Gasteiger partial charge in [0.1, 0.15) is 6.04 Å². The van der Waals surface area contributed by atoms with Gasteiger partial charge < -0.3 is 10.5 Å². The van der Waals surface area contributed by atoms with E-state index in [1.54, 1.807) is 0 Å². The van der Waals surface area contributed by atoms with Crippen LogP contribution in [-0.4, -0.2) is 47.5 Å². The van der Waals surface area contributed by atoms with Crippen molar-refractivity contribution in [3.63, 3.8) is 0 Å². The molecule has 0 aliphatic rings. The van der Waals surface area contributed by atoms with Crippen molar-refractivity contribution >= 4 is 41.5 Å². The van der Waals surface area contributed by atoms with Gasteiger partial charge in [0.15, 0.2) is 0 Å². The molecule has 0 saturated heterocycles. The predicted molar refractivity (Wildman–Crippen MR) is 83.7 cm³/mol. The van der Waals surface area contributed by atoms with E-state index in [9.17, 15) is 9.59 Å². The molecule has 0 rings (SSSR count). The Hall–Kier alpha value is 0.1000. The summed E-state index contributed by atoms with van der Waals surface area (Å²) in [6.07, 6.45) is 8.27. The van der Waals surface area contributed by atoms with Crippen LogP contribution in [0.3, 0.4) is 0 Å².